The molecule has 0 aliphatic heterocycles. The highest BCUT2D eigenvalue weighted by molar-refractivity contribution is 5.57. The Labute approximate surface area is 121 Å². The summed E-state index contributed by atoms with van der Waals surface area (Å²) in [6.45, 7) is 6.29. The number of hydrogen-bond donors (Lipinski definition) is 1. The summed E-state index contributed by atoms with van der Waals surface area (Å²) in [5.41, 5.74) is 2.36. The van der Waals surface area contributed by atoms with Gasteiger partial charge in [-0.3, -0.25) is 0 Å². The van der Waals surface area contributed by atoms with Crippen molar-refractivity contribution in [1.82, 2.24) is 5.32 Å². The van der Waals surface area contributed by atoms with Gasteiger partial charge in [-0.1, -0.05) is 6.92 Å². The highest BCUT2D eigenvalue weighted by atomic mass is 19.1. The Hall–Kier alpha value is -1.09. The van der Waals surface area contributed by atoms with Crippen LogP contribution >= 0.6 is 0 Å². The van der Waals surface area contributed by atoms with Crippen molar-refractivity contribution in [2.75, 3.05) is 18.0 Å². The van der Waals surface area contributed by atoms with Crippen molar-refractivity contribution in [2.45, 2.75) is 51.6 Å². The minimum Gasteiger partial charge on any atom is -0.368 e. The van der Waals surface area contributed by atoms with Gasteiger partial charge in [0.05, 0.1) is 0 Å². The number of rotatable bonds is 7. The predicted molar refractivity (Wildman–Crippen MR) is 81.6 cm³/mol. The Kier molecular flexibility index (Phi) is 3.97. The molecule has 0 saturated heterocycles. The molecule has 2 aliphatic carbocycles. The van der Waals surface area contributed by atoms with Gasteiger partial charge in [-0.05, 0) is 68.8 Å². The second kappa shape index (κ2) is 5.72. The monoisotopic (exact) mass is 276 g/mol. The second-order valence-electron chi connectivity index (χ2n) is 6.31. The van der Waals surface area contributed by atoms with E-state index >= 15 is 0 Å². The molecule has 0 bridgehead atoms. The first-order chi connectivity index (χ1) is 9.69. The molecule has 3 heteroatoms. The maximum Gasteiger partial charge on any atom is 0.123 e. The lowest BCUT2D eigenvalue weighted by Crippen LogP contribution is -2.30. The summed E-state index contributed by atoms with van der Waals surface area (Å²) in [7, 11) is 0. The van der Waals surface area contributed by atoms with Crippen LogP contribution in [0.2, 0.25) is 0 Å². The number of nitrogens with one attached hydrogen (secondary N) is 1. The Bertz CT molecular complexity index is 466. The zero-order valence-electron chi connectivity index (χ0n) is 12.5. The fourth-order valence-electron chi connectivity index (χ4n) is 2.96. The molecule has 3 rings (SSSR count). The normalized spacial score (nSPS) is 19.9. The fraction of sp³-hybridized carbons (Fsp3) is 0.647. The lowest BCUT2D eigenvalue weighted by atomic mass is 10.0. The Morgan fingerprint density at radius 3 is 2.65 bits per heavy atom. The topological polar surface area (TPSA) is 15.3 Å². The van der Waals surface area contributed by atoms with E-state index in [0.29, 0.717) is 6.04 Å². The van der Waals surface area contributed by atoms with E-state index < -0.39 is 0 Å². The van der Waals surface area contributed by atoms with Crippen LogP contribution < -0.4 is 10.2 Å². The molecule has 0 radical (unpaired) electrons. The molecule has 2 nitrogen and oxygen atoms in total. The first-order valence-corrected chi connectivity index (χ1v) is 7.98. The Morgan fingerprint density at radius 2 is 2.05 bits per heavy atom. The Balaban J connectivity index is 1.88. The van der Waals surface area contributed by atoms with Crippen LogP contribution in [0, 0.1) is 11.7 Å². The minimum absolute atomic E-state index is 0.129. The van der Waals surface area contributed by atoms with Gasteiger partial charge >= 0.3 is 0 Å². The molecule has 2 saturated carbocycles. The van der Waals surface area contributed by atoms with Crippen LogP contribution in [-0.4, -0.2) is 19.1 Å². The summed E-state index contributed by atoms with van der Waals surface area (Å²) in [5, 5.41) is 3.42. The van der Waals surface area contributed by atoms with Crippen LogP contribution in [0.3, 0.4) is 0 Å². The first-order valence-electron chi connectivity index (χ1n) is 7.98. The van der Waals surface area contributed by atoms with Crippen molar-refractivity contribution in [3.8, 4) is 0 Å². The zero-order chi connectivity index (χ0) is 14.1. The maximum absolute atomic E-state index is 13.7. The van der Waals surface area contributed by atoms with E-state index in [0.717, 1.165) is 24.6 Å². The molecule has 2 aliphatic rings. The highest BCUT2D eigenvalue weighted by Gasteiger charge is 2.35. The minimum atomic E-state index is -0.129. The van der Waals surface area contributed by atoms with Gasteiger partial charge in [0, 0.05) is 24.3 Å². The molecule has 2 fully saturated rings. The van der Waals surface area contributed by atoms with Gasteiger partial charge in [0.15, 0.2) is 0 Å². The lowest BCUT2D eigenvalue weighted by molar-refractivity contribution is 0.578. The summed E-state index contributed by atoms with van der Waals surface area (Å²) in [4.78, 5) is 2.54. The highest BCUT2D eigenvalue weighted by Crippen LogP contribution is 2.40. The van der Waals surface area contributed by atoms with E-state index in [1.165, 1.54) is 31.4 Å². The summed E-state index contributed by atoms with van der Waals surface area (Å²) >= 11 is 0. The van der Waals surface area contributed by atoms with Crippen molar-refractivity contribution in [3.05, 3.63) is 29.6 Å². The standard InChI is InChI=1S/C17H25FN2/c1-3-19-12(2)16-10-14(18)6-9-17(16)20(15-7-8-15)11-13-4-5-13/h6,9-10,12-13,15,19H,3-5,7-8,11H2,1-2H3. The van der Waals surface area contributed by atoms with Gasteiger partial charge in [0.2, 0.25) is 0 Å². The average Bonchev–Trinajstić information content (AvgIpc) is 3.29. The number of hydrogen-bond acceptors (Lipinski definition) is 2. The molecule has 1 N–H and O–H groups in total. The molecule has 110 valence electrons. The molecular formula is C17H25FN2. The molecule has 0 spiro atoms. The van der Waals surface area contributed by atoms with Crippen LogP contribution in [-0.2, 0) is 0 Å². The van der Waals surface area contributed by atoms with Gasteiger partial charge in [0.25, 0.3) is 0 Å². The van der Waals surface area contributed by atoms with Gasteiger partial charge in [-0.2, -0.15) is 0 Å². The third-order valence-corrected chi connectivity index (χ3v) is 4.42. The van der Waals surface area contributed by atoms with Gasteiger partial charge in [-0.15, -0.1) is 0 Å². The maximum atomic E-state index is 13.7. The average molecular weight is 276 g/mol. The molecule has 1 aromatic carbocycles. The summed E-state index contributed by atoms with van der Waals surface area (Å²) in [6, 6.07) is 6.20. The molecule has 0 heterocycles. The van der Waals surface area contributed by atoms with Crippen molar-refractivity contribution in [3.63, 3.8) is 0 Å². The molecule has 1 aromatic rings. The van der Waals surface area contributed by atoms with Gasteiger partial charge in [0.1, 0.15) is 5.82 Å². The molecule has 1 unspecified atom stereocenters. The van der Waals surface area contributed by atoms with Crippen molar-refractivity contribution in [1.29, 1.82) is 0 Å². The smallest absolute Gasteiger partial charge is 0.123 e. The predicted octanol–water partition coefficient (Wildman–Crippen LogP) is 3.88. The third-order valence-electron chi connectivity index (χ3n) is 4.42. The molecule has 20 heavy (non-hydrogen) atoms. The van der Waals surface area contributed by atoms with Crippen molar-refractivity contribution < 1.29 is 4.39 Å². The van der Waals surface area contributed by atoms with Crippen LogP contribution in [0.1, 0.15) is 51.1 Å². The number of benzene rings is 1. The second-order valence-corrected chi connectivity index (χ2v) is 6.31. The summed E-state index contributed by atoms with van der Waals surface area (Å²) in [6.07, 6.45) is 5.31. The van der Waals surface area contributed by atoms with E-state index in [4.69, 9.17) is 0 Å². The summed E-state index contributed by atoms with van der Waals surface area (Å²) < 4.78 is 13.7. The van der Waals surface area contributed by atoms with E-state index in [2.05, 4.69) is 24.1 Å². The third kappa shape index (κ3) is 3.14. The molecule has 0 aromatic heterocycles. The van der Waals surface area contributed by atoms with Crippen molar-refractivity contribution >= 4 is 5.69 Å². The molecule has 0 amide bonds. The van der Waals surface area contributed by atoms with Crippen LogP contribution in [0.15, 0.2) is 18.2 Å². The number of halogens is 1. The SMILES string of the molecule is CCNC(C)c1cc(F)ccc1N(CC1CC1)C1CC1. The summed E-state index contributed by atoms with van der Waals surface area (Å²) in [5.74, 6) is 0.735. The number of nitrogens with zero attached hydrogens (tertiary/aromatic N) is 1. The largest absolute Gasteiger partial charge is 0.368 e. The van der Waals surface area contributed by atoms with E-state index in [-0.39, 0.29) is 11.9 Å². The van der Waals surface area contributed by atoms with Crippen molar-refractivity contribution in [2.24, 2.45) is 5.92 Å². The zero-order valence-corrected chi connectivity index (χ0v) is 12.5. The van der Waals surface area contributed by atoms with E-state index in [1.807, 2.05) is 6.07 Å². The molecule has 1 atom stereocenters. The fourth-order valence-corrected chi connectivity index (χ4v) is 2.96. The quantitative estimate of drug-likeness (QED) is 0.813. The first kappa shape index (κ1) is 13.9. The lowest BCUT2D eigenvalue weighted by Gasteiger charge is -2.29. The van der Waals surface area contributed by atoms with Gasteiger partial charge < -0.3 is 10.2 Å². The molecular weight excluding hydrogens is 251 g/mol. The Morgan fingerprint density at radius 1 is 1.30 bits per heavy atom. The van der Waals surface area contributed by atoms with Crippen LogP contribution in [0.5, 0.6) is 0 Å². The van der Waals surface area contributed by atoms with Crippen LogP contribution in [0.25, 0.3) is 0 Å². The van der Waals surface area contributed by atoms with Gasteiger partial charge in [-0.25, -0.2) is 4.39 Å². The van der Waals surface area contributed by atoms with Crippen LogP contribution in [0.4, 0.5) is 10.1 Å². The van der Waals surface area contributed by atoms with E-state index in [1.54, 1.807) is 12.1 Å². The van der Waals surface area contributed by atoms with E-state index in [9.17, 15) is 4.39 Å². The number of anilines is 1.